The molecule has 7 nitrogen and oxygen atoms in total. The largest absolute Gasteiger partial charge is 0.468 e. The van der Waals surface area contributed by atoms with E-state index in [1.807, 2.05) is 6.92 Å². The molecule has 0 aromatic carbocycles. The van der Waals surface area contributed by atoms with Crippen LogP contribution in [0, 0.1) is 11.3 Å². The van der Waals surface area contributed by atoms with Crippen LogP contribution in [0.5, 0.6) is 0 Å². The van der Waals surface area contributed by atoms with Gasteiger partial charge in [0.2, 0.25) is 10.0 Å². The van der Waals surface area contributed by atoms with Crippen LogP contribution in [0.15, 0.2) is 23.2 Å². The number of nitrogens with zero attached hydrogens (tertiary/aromatic N) is 2. The number of carbonyl (C=O) groups is 1. The van der Waals surface area contributed by atoms with Crippen molar-refractivity contribution >= 4 is 16.0 Å². The monoisotopic (exact) mass is 311 g/mol. The highest BCUT2D eigenvalue weighted by molar-refractivity contribution is 7.89. The topological polar surface area (TPSA) is 109 Å². The molecular formula is C13H17N3O4S. The van der Waals surface area contributed by atoms with Crippen LogP contribution >= 0.6 is 0 Å². The Kier molecular flexibility index (Phi) is 5.41. The minimum absolute atomic E-state index is 0.228. The maximum absolute atomic E-state index is 12.4. The highest BCUT2D eigenvalue weighted by Crippen LogP contribution is 2.20. The average molecular weight is 311 g/mol. The lowest BCUT2D eigenvalue weighted by Crippen LogP contribution is -2.52. The zero-order valence-corrected chi connectivity index (χ0v) is 12.9. The summed E-state index contributed by atoms with van der Waals surface area (Å²) >= 11 is 0. The molecule has 1 aromatic heterocycles. The number of pyridine rings is 1. The molecule has 0 amide bonds. The van der Waals surface area contributed by atoms with Crippen molar-refractivity contribution in [1.29, 1.82) is 5.26 Å². The van der Waals surface area contributed by atoms with Gasteiger partial charge in [-0.2, -0.15) is 9.98 Å². The van der Waals surface area contributed by atoms with Gasteiger partial charge in [0, 0.05) is 6.20 Å². The normalized spacial score (nSPS) is 14.0. The molecule has 114 valence electrons. The zero-order valence-electron chi connectivity index (χ0n) is 12.1. The predicted octanol–water partition coefficient (Wildman–Crippen LogP) is 0.963. The number of ether oxygens (including phenoxy) is 1. The second kappa shape index (κ2) is 6.65. The molecule has 1 atom stereocenters. The summed E-state index contributed by atoms with van der Waals surface area (Å²) in [6, 6.07) is 4.39. The smallest absolute Gasteiger partial charge is 0.326 e. The Morgan fingerprint density at radius 3 is 2.76 bits per heavy atom. The summed E-state index contributed by atoms with van der Waals surface area (Å²) in [7, 11) is -2.88. The van der Waals surface area contributed by atoms with E-state index in [4.69, 9.17) is 5.26 Å². The lowest BCUT2D eigenvalue weighted by atomic mass is 9.98. The van der Waals surface area contributed by atoms with E-state index >= 15 is 0 Å². The summed E-state index contributed by atoms with van der Waals surface area (Å²) in [5.74, 6) is -0.685. The fourth-order valence-electron chi connectivity index (χ4n) is 1.96. The van der Waals surface area contributed by atoms with Crippen LogP contribution in [0.4, 0.5) is 0 Å². The predicted molar refractivity (Wildman–Crippen MR) is 74.6 cm³/mol. The van der Waals surface area contributed by atoms with E-state index in [0.717, 1.165) is 0 Å². The van der Waals surface area contributed by atoms with Crippen LogP contribution in [-0.4, -0.2) is 32.0 Å². The van der Waals surface area contributed by atoms with Crippen molar-refractivity contribution < 1.29 is 17.9 Å². The van der Waals surface area contributed by atoms with Gasteiger partial charge < -0.3 is 4.74 Å². The Balaban J connectivity index is 3.25. The number of rotatable bonds is 6. The summed E-state index contributed by atoms with van der Waals surface area (Å²) in [5.41, 5.74) is -1.63. The molecular weight excluding hydrogens is 294 g/mol. The number of esters is 1. The molecule has 1 aromatic rings. The van der Waals surface area contributed by atoms with E-state index in [-0.39, 0.29) is 17.0 Å². The first-order chi connectivity index (χ1) is 9.80. The Morgan fingerprint density at radius 2 is 2.24 bits per heavy atom. The molecule has 1 unspecified atom stereocenters. The van der Waals surface area contributed by atoms with E-state index in [1.165, 1.54) is 32.4 Å². The van der Waals surface area contributed by atoms with Crippen LogP contribution in [0.25, 0.3) is 0 Å². The van der Waals surface area contributed by atoms with Gasteiger partial charge in [-0.1, -0.05) is 13.3 Å². The third kappa shape index (κ3) is 3.77. The Labute approximate surface area is 124 Å². The van der Waals surface area contributed by atoms with Gasteiger partial charge in [-0.15, -0.1) is 0 Å². The molecule has 8 heteroatoms. The number of sulfonamides is 1. The first-order valence-electron chi connectivity index (χ1n) is 6.28. The number of hydrogen-bond acceptors (Lipinski definition) is 6. The van der Waals surface area contributed by atoms with Crippen molar-refractivity contribution in [3.05, 3.63) is 24.0 Å². The minimum Gasteiger partial charge on any atom is -0.468 e. The van der Waals surface area contributed by atoms with Gasteiger partial charge in [-0.05, 0) is 25.5 Å². The number of aromatic nitrogens is 1. The van der Waals surface area contributed by atoms with Gasteiger partial charge in [-0.25, -0.2) is 13.4 Å². The molecule has 0 radical (unpaired) electrons. The molecule has 0 aliphatic rings. The van der Waals surface area contributed by atoms with Crippen LogP contribution in [0.2, 0.25) is 0 Å². The molecule has 1 heterocycles. The lowest BCUT2D eigenvalue weighted by Gasteiger charge is -2.27. The number of nitriles is 1. The van der Waals surface area contributed by atoms with Crippen LogP contribution in [0.3, 0.4) is 0 Å². The quantitative estimate of drug-likeness (QED) is 0.784. The minimum atomic E-state index is -4.07. The highest BCUT2D eigenvalue weighted by Gasteiger charge is 2.38. The Bertz CT molecular complexity index is 666. The Hall–Kier alpha value is -1.98. The van der Waals surface area contributed by atoms with Crippen molar-refractivity contribution in [1.82, 2.24) is 9.71 Å². The fraction of sp³-hybridized carbons (Fsp3) is 0.462. The van der Waals surface area contributed by atoms with E-state index in [9.17, 15) is 13.2 Å². The summed E-state index contributed by atoms with van der Waals surface area (Å²) in [4.78, 5) is 15.3. The van der Waals surface area contributed by atoms with Gasteiger partial charge in [0.25, 0.3) is 0 Å². The van der Waals surface area contributed by atoms with E-state index in [1.54, 1.807) is 6.07 Å². The summed E-state index contributed by atoms with van der Waals surface area (Å²) in [5, 5.41) is 8.94. The van der Waals surface area contributed by atoms with E-state index in [0.29, 0.717) is 6.42 Å². The van der Waals surface area contributed by atoms with E-state index in [2.05, 4.69) is 14.4 Å². The highest BCUT2D eigenvalue weighted by atomic mass is 32.2. The number of hydrogen-bond donors (Lipinski definition) is 1. The second-order valence-electron chi connectivity index (χ2n) is 4.64. The third-order valence-corrected chi connectivity index (χ3v) is 4.54. The van der Waals surface area contributed by atoms with E-state index < -0.39 is 21.5 Å². The molecule has 21 heavy (non-hydrogen) atoms. The molecule has 0 fully saturated rings. The lowest BCUT2D eigenvalue weighted by molar-refractivity contribution is -0.147. The SMILES string of the molecule is CCCC(C)(NS(=O)(=O)c1cccnc1C#N)C(=O)OC. The molecule has 0 aliphatic carbocycles. The summed E-state index contributed by atoms with van der Waals surface area (Å²) in [6.07, 6.45) is 2.16. The third-order valence-electron chi connectivity index (χ3n) is 2.91. The molecule has 0 bridgehead atoms. The van der Waals surface area contributed by atoms with Crippen molar-refractivity contribution in [3.8, 4) is 6.07 Å². The number of nitrogens with one attached hydrogen (secondary N) is 1. The van der Waals surface area contributed by atoms with Gasteiger partial charge in [-0.3, -0.25) is 4.79 Å². The van der Waals surface area contributed by atoms with Crippen molar-refractivity contribution in [3.63, 3.8) is 0 Å². The van der Waals surface area contributed by atoms with Crippen LogP contribution in [-0.2, 0) is 19.6 Å². The van der Waals surface area contributed by atoms with Gasteiger partial charge in [0.15, 0.2) is 5.69 Å². The standard InChI is InChI=1S/C13H17N3O4S/c1-4-7-13(2,12(17)20-3)16-21(18,19)11-6-5-8-15-10(11)9-14/h5-6,8,16H,4,7H2,1-3H3. The van der Waals surface area contributed by atoms with Gasteiger partial charge >= 0.3 is 5.97 Å². The number of carbonyl (C=O) groups excluding carboxylic acids is 1. The maximum atomic E-state index is 12.4. The summed E-state index contributed by atoms with van der Waals surface area (Å²) in [6.45, 7) is 3.27. The van der Waals surface area contributed by atoms with Crippen LogP contribution in [0.1, 0.15) is 32.4 Å². The first kappa shape index (κ1) is 17.1. The maximum Gasteiger partial charge on any atom is 0.326 e. The molecule has 1 rings (SSSR count). The first-order valence-corrected chi connectivity index (χ1v) is 7.76. The molecule has 0 saturated carbocycles. The van der Waals surface area contributed by atoms with Crippen LogP contribution < -0.4 is 4.72 Å². The van der Waals surface area contributed by atoms with Crippen molar-refractivity contribution in [2.24, 2.45) is 0 Å². The Morgan fingerprint density at radius 1 is 1.57 bits per heavy atom. The molecule has 0 aliphatic heterocycles. The summed E-state index contributed by atoms with van der Waals surface area (Å²) < 4.78 is 31.8. The van der Waals surface area contributed by atoms with Gasteiger partial charge in [0.1, 0.15) is 16.5 Å². The average Bonchev–Trinajstić information content (AvgIpc) is 2.45. The number of methoxy groups -OCH3 is 1. The zero-order chi connectivity index (χ0) is 16.1. The fourth-order valence-corrected chi connectivity index (χ4v) is 3.46. The van der Waals surface area contributed by atoms with Crippen molar-refractivity contribution in [2.45, 2.75) is 37.1 Å². The molecule has 0 spiro atoms. The molecule has 0 saturated heterocycles. The van der Waals surface area contributed by atoms with Crippen molar-refractivity contribution in [2.75, 3.05) is 7.11 Å². The second-order valence-corrected chi connectivity index (χ2v) is 6.29. The molecule has 1 N–H and O–H groups in total. The van der Waals surface area contributed by atoms with Gasteiger partial charge in [0.05, 0.1) is 7.11 Å².